The van der Waals surface area contributed by atoms with Crippen LogP contribution >= 0.6 is 22.9 Å². The van der Waals surface area contributed by atoms with E-state index in [0.29, 0.717) is 17.3 Å². The van der Waals surface area contributed by atoms with E-state index in [2.05, 4.69) is 5.32 Å². The predicted octanol–water partition coefficient (Wildman–Crippen LogP) is 4.11. The molecule has 0 aliphatic rings. The minimum absolute atomic E-state index is 0.0167. The first-order valence-corrected chi connectivity index (χ1v) is 7.20. The maximum Gasteiger partial charge on any atom is 0.313 e. The SMILES string of the molecule is COc1cc(NCCc2ccc(Cl)s2)c(F)cc1[N+](=O)[O-]. The van der Waals surface area contributed by atoms with Crippen LogP contribution in [-0.4, -0.2) is 18.6 Å². The van der Waals surface area contributed by atoms with Crippen LogP contribution in [0.4, 0.5) is 15.8 Å². The van der Waals surface area contributed by atoms with Gasteiger partial charge in [0.15, 0.2) is 11.6 Å². The second-order valence-electron chi connectivity index (χ2n) is 4.14. The summed E-state index contributed by atoms with van der Waals surface area (Å²) in [4.78, 5) is 11.2. The number of nitro groups is 1. The van der Waals surface area contributed by atoms with Crippen molar-refractivity contribution in [1.29, 1.82) is 0 Å². The molecule has 0 saturated carbocycles. The van der Waals surface area contributed by atoms with Crippen LogP contribution in [0.1, 0.15) is 4.88 Å². The Labute approximate surface area is 129 Å². The van der Waals surface area contributed by atoms with Crippen LogP contribution in [0.3, 0.4) is 0 Å². The number of benzene rings is 1. The van der Waals surface area contributed by atoms with E-state index in [1.165, 1.54) is 24.5 Å². The minimum Gasteiger partial charge on any atom is -0.490 e. The van der Waals surface area contributed by atoms with Gasteiger partial charge in [-0.15, -0.1) is 11.3 Å². The van der Waals surface area contributed by atoms with Crippen molar-refractivity contribution >= 4 is 34.3 Å². The molecule has 0 saturated heterocycles. The summed E-state index contributed by atoms with van der Waals surface area (Å²) in [7, 11) is 1.30. The number of hydrogen-bond donors (Lipinski definition) is 1. The summed E-state index contributed by atoms with van der Waals surface area (Å²) in [6.45, 7) is 0.481. The highest BCUT2D eigenvalue weighted by molar-refractivity contribution is 7.16. The molecule has 112 valence electrons. The van der Waals surface area contributed by atoms with Gasteiger partial charge in [-0.2, -0.15) is 0 Å². The lowest BCUT2D eigenvalue weighted by Crippen LogP contribution is -2.06. The summed E-state index contributed by atoms with van der Waals surface area (Å²) in [5, 5.41) is 13.7. The Morgan fingerprint density at radius 2 is 2.24 bits per heavy atom. The van der Waals surface area contributed by atoms with Gasteiger partial charge in [0.2, 0.25) is 0 Å². The molecule has 8 heteroatoms. The standard InChI is InChI=1S/C13H12ClFN2O3S/c1-20-12-7-10(9(15)6-11(12)17(18)19)16-5-4-8-2-3-13(14)21-8/h2-3,6-7,16H,4-5H2,1H3. The molecule has 5 nitrogen and oxygen atoms in total. The van der Waals surface area contributed by atoms with Crippen molar-refractivity contribution in [3.05, 3.63) is 49.4 Å². The van der Waals surface area contributed by atoms with Crippen LogP contribution in [0.5, 0.6) is 5.75 Å². The Kier molecular flexibility index (Phi) is 4.98. The lowest BCUT2D eigenvalue weighted by molar-refractivity contribution is -0.385. The van der Waals surface area contributed by atoms with Gasteiger partial charge in [-0.05, 0) is 18.6 Å². The van der Waals surface area contributed by atoms with Gasteiger partial charge < -0.3 is 10.1 Å². The van der Waals surface area contributed by atoms with Crippen LogP contribution in [0.15, 0.2) is 24.3 Å². The van der Waals surface area contributed by atoms with Gasteiger partial charge in [0.05, 0.1) is 28.1 Å². The number of nitrogens with zero attached hydrogens (tertiary/aromatic N) is 1. The second-order valence-corrected chi connectivity index (χ2v) is 5.94. The van der Waals surface area contributed by atoms with E-state index in [-0.39, 0.29) is 11.4 Å². The fourth-order valence-electron chi connectivity index (χ4n) is 1.79. The smallest absolute Gasteiger partial charge is 0.313 e. The largest absolute Gasteiger partial charge is 0.490 e. The molecule has 0 spiro atoms. The first-order chi connectivity index (χ1) is 10.0. The lowest BCUT2D eigenvalue weighted by Gasteiger charge is -2.09. The second kappa shape index (κ2) is 6.73. The molecule has 0 aliphatic heterocycles. The van der Waals surface area contributed by atoms with Gasteiger partial charge in [-0.1, -0.05) is 11.6 Å². The van der Waals surface area contributed by atoms with E-state index in [0.717, 1.165) is 10.9 Å². The molecular formula is C13H12ClFN2O3S. The Morgan fingerprint density at radius 1 is 1.48 bits per heavy atom. The van der Waals surface area contributed by atoms with E-state index in [9.17, 15) is 14.5 Å². The maximum absolute atomic E-state index is 13.8. The third-order valence-corrected chi connectivity index (χ3v) is 4.07. The Hall–Kier alpha value is -1.86. The fourth-order valence-corrected chi connectivity index (χ4v) is 2.88. The molecule has 1 aromatic carbocycles. The van der Waals surface area contributed by atoms with Gasteiger partial charge >= 0.3 is 5.69 Å². The third-order valence-electron chi connectivity index (χ3n) is 2.78. The third kappa shape index (κ3) is 3.83. The van der Waals surface area contributed by atoms with Crippen molar-refractivity contribution < 1.29 is 14.1 Å². The van der Waals surface area contributed by atoms with Crippen molar-refractivity contribution in [2.45, 2.75) is 6.42 Å². The zero-order chi connectivity index (χ0) is 15.4. The number of thiophene rings is 1. The minimum atomic E-state index is -0.688. The molecule has 0 radical (unpaired) electrons. The molecule has 0 bridgehead atoms. The number of anilines is 1. The molecule has 1 heterocycles. The zero-order valence-corrected chi connectivity index (χ0v) is 12.6. The average Bonchev–Trinajstić information content (AvgIpc) is 2.85. The normalized spacial score (nSPS) is 10.4. The molecule has 1 aromatic heterocycles. The highest BCUT2D eigenvalue weighted by Gasteiger charge is 2.19. The highest BCUT2D eigenvalue weighted by atomic mass is 35.5. The van der Waals surface area contributed by atoms with Gasteiger partial charge in [0, 0.05) is 17.5 Å². The quantitative estimate of drug-likeness (QED) is 0.639. The van der Waals surface area contributed by atoms with Gasteiger partial charge in [-0.25, -0.2) is 4.39 Å². The molecule has 0 aliphatic carbocycles. The number of nitro benzene ring substituents is 1. The van der Waals surface area contributed by atoms with E-state index >= 15 is 0 Å². The number of rotatable bonds is 6. The molecule has 0 atom stereocenters. The predicted molar refractivity (Wildman–Crippen MR) is 81.1 cm³/mol. The zero-order valence-electron chi connectivity index (χ0n) is 11.1. The Bertz CT molecular complexity index is 663. The summed E-state index contributed by atoms with van der Waals surface area (Å²) < 4.78 is 19.4. The van der Waals surface area contributed by atoms with E-state index in [4.69, 9.17) is 16.3 Å². The maximum atomic E-state index is 13.8. The van der Waals surface area contributed by atoms with Crippen molar-refractivity contribution in [1.82, 2.24) is 0 Å². The Morgan fingerprint density at radius 3 is 2.81 bits per heavy atom. The Balaban J connectivity index is 2.07. The summed E-state index contributed by atoms with van der Waals surface area (Å²) in [5.74, 6) is -0.671. The van der Waals surface area contributed by atoms with Gasteiger partial charge in [0.25, 0.3) is 0 Å². The number of methoxy groups -OCH3 is 1. The molecular weight excluding hydrogens is 319 g/mol. The molecule has 1 N–H and O–H groups in total. The number of ether oxygens (including phenoxy) is 1. The highest BCUT2D eigenvalue weighted by Crippen LogP contribution is 2.32. The number of halogens is 2. The summed E-state index contributed by atoms with van der Waals surface area (Å²) in [6.07, 6.45) is 0.677. The van der Waals surface area contributed by atoms with Crippen molar-refractivity contribution in [3.63, 3.8) is 0 Å². The van der Waals surface area contributed by atoms with Crippen molar-refractivity contribution in [3.8, 4) is 5.75 Å². The van der Waals surface area contributed by atoms with E-state index < -0.39 is 16.4 Å². The van der Waals surface area contributed by atoms with Crippen LogP contribution < -0.4 is 10.1 Å². The summed E-state index contributed by atoms with van der Waals surface area (Å²) >= 11 is 7.28. The summed E-state index contributed by atoms with van der Waals surface area (Å²) in [6, 6.07) is 5.84. The first kappa shape index (κ1) is 15.5. The number of nitrogens with one attached hydrogen (secondary N) is 1. The van der Waals surface area contributed by atoms with Crippen LogP contribution in [0.2, 0.25) is 4.34 Å². The molecule has 0 amide bonds. The molecule has 0 unspecified atom stereocenters. The van der Waals surface area contributed by atoms with Gasteiger partial charge in [-0.3, -0.25) is 10.1 Å². The molecule has 0 fully saturated rings. The van der Waals surface area contributed by atoms with Crippen molar-refractivity contribution in [2.75, 3.05) is 19.0 Å². The van der Waals surface area contributed by atoms with Crippen LogP contribution in [0, 0.1) is 15.9 Å². The van der Waals surface area contributed by atoms with Crippen molar-refractivity contribution in [2.24, 2.45) is 0 Å². The van der Waals surface area contributed by atoms with E-state index in [1.54, 1.807) is 6.07 Å². The molecule has 21 heavy (non-hydrogen) atoms. The topological polar surface area (TPSA) is 64.4 Å². The fraction of sp³-hybridized carbons (Fsp3) is 0.231. The molecule has 2 aromatic rings. The average molecular weight is 331 g/mol. The van der Waals surface area contributed by atoms with Gasteiger partial charge in [0.1, 0.15) is 0 Å². The number of hydrogen-bond acceptors (Lipinski definition) is 5. The first-order valence-electron chi connectivity index (χ1n) is 6.01. The van der Waals surface area contributed by atoms with Crippen LogP contribution in [0.25, 0.3) is 0 Å². The lowest BCUT2D eigenvalue weighted by atomic mass is 10.2. The monoisotopic (exact) mass is 330 g/mol. The van der Waals surface area contributed by atoms with Crippen LogP contribution in [-0.2, 0) is 6.42 Å². The molecule has 2 rings (SSSR count). The summed E-state index contributed by atoms with van der Waals surface area (Å²) in [5.41, 5.74) is -0.231. The van der Waals surface area contributed by atoms with E-state index in [1.807, 2.05) is 6.07 Å².